The molecule has 0 saturated heterocycles. The van der Waals surface area contributed by atoms with E-state index in [1.807, 2.05) is 0 Å². The van der Waals surface area contributed by atoms with E-state index in [1.165, 1.54) is 21.5 Å². The van der Waals surface area contributed by atoms with Crippen LogP contribution in [0.15, 0.2) is 121 Å². The van der Waals surface area contributed by atoms with Crippen LogP contribution >= 0.6 is 49.7 Å². The minimum Gasteiger partial charge on any atom is -0.260 e. The summed E-state index contributed by atoms with van der Waals surface area (Å²) < 4.78 is 5.34. The van der Waals surface area contributed by atoms with Crippen molar-refractivity contribution < 1.29 is 0 Å². The molecule has 7 aromatic rings. The van der Waals surface area contributed by atoms with Crippen molar-refractivity contribution in [2.75, 3.05) is 10.0 Å². The Bertz CT molecular complexity index is 1890. The van der Waals surface area contributed by atoms with Gasteiger partial charge in [-0.05, 0) is 35.4 Å². The number of aromatic nitrogens is 2. The SMILES string of the molecule is S=C(S)N(Cc1ccccc1CN(C(=S)S)n1c2ccccc2c2ccccc21)n1c2ccccc2c2ccccc21. The smallest absolute Gasteiger partial charge is 0.152 e. The number of thiol groups is 2. The summed E-state index contributed by atoms with van der Waals surface area (Å²) in [5.74, 6) is 0. The third kappa shape index (κ3) is 4.55. The van der Waals surface area contributed by atoms with Crippen LogP contribution in [0.2, 0.25) is 0 Å². The molecule has 5 aromatic carbocycles. The van der Waals surface area contributed by atoms with Crippen LogP contribution in [0.25, 0.3) is 43.6 Å². The third-order valence-electron chi connectivity index (χ3n) is 7.79. The molecular formula is C34H26N4S4. The van der Waals surface area contributed by atoms with E-state index >= 15 is 0 Å². The Morgan fingerprint density at radius 3 is 1.00 bits per heavy atom. The highest BCUT2D eigenvalue weighted by Gasteiger charge is 2.22. The van der Waals surface area contributed by atoms with E-state index in [0.29, 0.717) is 21.7 Å². The van der Waals surface area contributed by atoms with Crippen LogP contribution in [0.1, 0.15) is 11.1 Å². The fourth-order valence-corrected chi connectivity index (χ4v) is 6.57. The molecule has 2 heterocycles. The van der Waals surface area contributed by atoms with E-state index in [9.17, 15) is 0 Å². The van der Waals surface area contributed by atoms with E-state index < -0.39 is 0 Å². The second-order valence-electron chi connectivity index (χ2n) is 10.1. The van der Waals surface area contributed by atoms with E-state index in [1.54, 1.807) is 0 Å². The Balaban J connectivity index is 1.33. The molecule has 0 aliphatic heterocycles. The lowest BCUT2D eigenvalue weighted by Gasteiger charge is -2.29. The Kier molecular flexibility index (Phi) is 7.15. The van der Waals surface area contributed by atoms with Crippen LogP contribution in [0.4, 0.5) is 0 Å². The minimum atomic E-state index is 0.486. The molecule has 0 radical (unpaired) electrons. The molecule has 2 aromatic heterocycles. The van der Waals surface area contributed by atoms with E-state index in [4.69, 9.17) is 49.7 Å². The molecule has 0 saturated carbocycles. The lowest BCUT2D eigenvalue weighted by molar-refractivity contribution is 0.740. The summed E-state index contributed by atoms with van der Waals surface area (Å²) in [6, 6.07) is 42.1. The Morgan fingerprint density at radius 1 is 0.452 bits per heavy atom. The molecule has 0 fully saturated rings. The molecule has 42 heavy (non-hydrogen) atoms. The maximum absolute atomic E-state index is 5.76. The minimum absolute atomic E-state index is 0.486. The van der Waals surface area contributed by atoms with Gasteiger partial charge in [0.05, 0.1) is 35.2 Å². The first-order valence-electron chi connectivity index (χ1n) is 13.6. The van der Waals surface area contributed by atoms with Gasteiger partial charge in [-0.1, -0.05) is 121 Å². The molecule has 0 N–H and O–H groups in total. The largest absolute Gasteiger partial charge is 0.260 e. The zero-order valence-corrected chi connectivity index (χ0v) is 25.9. The molecule has 0 aliphatic rings. The first-order valence-corrected chi connectivity index (χ1v) is 15.3. The van der Waals surface area contributed by atoms with Gasteiger partial charge in [0.2, 0.25) is 0 Å². The number of nitrogens with zero attached hydrogens (tertiary/aromatic N) is 4. The van der Waals surface area contributed by atoms with Crippen LogP contribution < -0.4 is 10.0 Å². The van der Waals surface area contributed by atoms with Gasteiger partial charge >= 0.3 is 0 Å². The molecule has 0 aliphatic carbocycles. The topological polar surface area (TPSA) is 16.3 Å². The van der Waals surface area contributed by atoms with Crippen LogP contribution in [0, 0.1) is 0 Å². The van der Waals surface area contributed by atoms with Gasteiger partial charge in [-0.3, -0.25) is 19.4 Å². The standard InChI is InChI=1S/C34H26N4S4/c39-33(40)35(37-29-17-7-3-13-25(29)26-14-4-8-18-30(26)37)21-23-11-1-2-12-24(23)22-36(34(41)42)38-31-19-9-5-15-27(31)28-16-6-10-20-32(28)38/h1-20H,21-22H2,(H,39,40)(H,41,42). The number of rotatable bonds is 6. The van der Waals surface area contributed by atoms with Gasteiger partial charge in [0.25, 0.3) is 0 Å². The van der Waals surface area contributed by atoms with Gasteiger partial charge in [-0.15, -0.1) is 25.3 Å². The summed E-state index contributed by atoms with van der Waals surface area (Å²) in [5.41, 5.74) is 6.55. The Hall–Kier alpha value is -3.82. The van der Waals surface area contributed by atoms with Crippen molar-refractivity contribution in [2.45, 2.75) is 13.1 Å². The zero-order chi connectivity index (χ0) is 28.8. The van der Waals surface area contributed by atoms with Crippen molar-refractivity contribution in [2.24, 2.45) is 0 Å². The first-order chi connectivity index (χ1) is 20.5. The number of benzene rings is 5. The van der Waals surface area contributed by atoms with Crippen molar-refractivity contribution in [1.82, 2.24) is 9.35 Å². The monoisotopic (exact) mass is 618 g/mol. The number of fused-ring (bicyclic) bond motifs is 6. The maximum Gasteiger partial charge on any atom is 0.152 e. The van der Waals surface area contributed by atoms with Gasteiger partial charge in [0.15, 0.2) is 8.64 Å². The van der Waals surface area contributed by atoms with E-state index in [2.05, 4.69) is 141 Å². The van der Waals surface area contributed by atoms with Crippen molar-refractivity contribution in [3.05, 3.63) is 132 Å². The average molecular weight is 619 g/mol. The zero-order valence-electron chi connectivity index (χ0n) is 22.5. The fraction of sp³-hybridized carbons (Fsp3) is 0.0588. The highest BCUT2D eigenvalue weighted by molar-refractivity contribution is 8.11. The fourth-order valence-electron chi connectivity index (χ4n) is 5.96. The Labute approximate surface area is 265 Å². The van der Waals surface area contributed by atoms with Crippen LogP contribution in [0.3, 0.4) is 0 Å². The number of hydrogen-bond acceptors (Lipinski definition) is 2. The molecule has 0 spiro atoms. The molecular weight excluding hydrogens is 593 g/mol. The van der Waals surface area contributed by atoms with E-state index in [0.717, 1.165) is 33.2 Å². The second-order valence-corrected chi connectivity index (χ2v) is 12.4. The van der Waals surface area contributed by atoms with Gasteiger partial charge in [0, 0.05) is 21.5 Å². The molecule has 0 atom stereocenters. The van der Waals surface area contributed by atoms with Crippen molar-refractivity contribution >= 4 is 102 Å². The average Bonchev–Trinajstić information content (AvgIpc) is 3.52. The summed E-state index contributed by atoms with van der Waals surface area (Å²) >= 11 is 20.9. The normalized spacial score (nSPS) is 11.5. The van der Waals surface area contributed by atoms with Crippen molar-refractivity contribution in [3.8, 4) is 0 Å². The molecule has 7 rings (SSSR count). The van der Waals surface area contributed by atoms with Crippen molar-refractivity contribution in [1.29, 1.82) is 0 Å². The van der Waals surface area contributed by atoms with Crippen LogP contribution in [-0.4, -0.2) is 18.0 Å². The van der Waals surface area contributed by atoms with Crippen molar-refractivity contribution in [3.63, 3.8) is 0 Å². The predicted molar refractivity (Wildman–Crippen MR) is 192 cm³/mol. The summed E-state index contributed by atoms with van der Waals surface area (Å²) in [5, 5.41) is 8.82. The molecule has 206 valence electrons. The molecule has 0 unspecified atom stereocenters. The number of thiocarbonyl (C=S) groups is 2. The summed E-state index contributed by atoms with van der Waals surface area (Å²) in [4.78, 5) is 0. The molecule has 0 amide bonds. The lowest BCUT2D eigenvalue weighted by atomic mass is 10.1. The van der Waals surface area contributed by atoms with E-state index in [-0.39, 0.29) is 0 Å². The highest BCUT2D eigenvalue weighted by Crippen LogP contribution is 2.32. The summed E-state index contributed by atoms with van der Waals surface area (Å²) in [6.45, 7) is 1.06. The van der Waals surface area contributed by atoms with Gasteiger partial charge < -0.3 is 0 Å². The van der Waals surface area contributed by atoms with Crippen LogP contribution in [0.5, 0.6) is 0 Å². The summed E-state index contributed by atoms with van der Waals surface area (Å²) in [7, 11) is 0. The van der Waals surface area contributed by atoms with Gasteiger partial charge in [-0.2, -0.15) is 0 Å². The van der Waals surface area contributed by atoms with Gasteiger partial charge in [-0.25, -0.2) is 0 Å². The molecule has 0 bridgehead atoms. The quantitative estimate of drug-likeness (QED) is 0.143. The molecule has 4 nitrogen and oxygen atoms in total. The lowest BCUT2D eigenvalue weighted by Crippen LogP contribution is -2.38. The maximum atomic E-state index is 5.76. The van der Waals surface area contributed by atoms with Crippen LogP contribution in [-0.2, 0) is 13.1 Å². The predicted octanol–water partition coefficient (Wildman–Crippen LogP) is 8.61. The highest BCUT2D eigenvalue weighted by atomic mass is 32.1. The second kappa shape index (κ2) is 11.1. The summed E-state index contributed by atoms with van der Waals surface area (Å²) in [6.07, 6.45) is 0. The number of para-hydroxylation sites is 4. The number of hydrogen-bond donors (Lipinski definition) is 2. The Morgan fingerprint density at radius 2 is 0.714 bits per heavy atom. The third-order valence-corrected chi connectivity index (χ3v) is 8.68. The molecule has 8 heteroatoms. The van der Waals surface area contributed by atoms with Gasteiger partial charge in [0.1, 0.15) is 0 Å². The first kappa shape index (κ1) is 27.0.